The molecule has 2 N–H and O–H groups in total. The maximum absolute atomic E-state index is 10.8. The normalized spacial score (nSPS) is 12.1. The standard InChI is InChI=1S/C10H8ClO4/c11-8-4-2-1-3-6(8)7(10(14)15)5-9(12)13/h1-5,7H,(H,12,13)(H,14,15). The Morgan fingerprint density at radius 3 is 2.33 bits per heavy atom. The van der Waals surface area contributed by atoms with Gasteiger partial charge in [-0.1, -0.05) is 29.8 Å². The number of carboxylic acids is 2. The number of hydrogen-bond acceptors (Lipinski definition) is 2. The number of hydrogen-bond donors (Lipinski definition) is 2. The fraction of sp³-hybridized carbons (Fsp3) is 0.100. The summed E-state index contributed by atoms with van der Waals surface area (Å²) in [5, 5.41) is 17.6. The third-order valence-corrected chi connectivity index (χ3v) is 2.16. The summed E-state index contributed by atoms with van der Waals surface area (Å²) in [7, 11) is 0. The van der Waals surface area contributed by atoms with Crippen molar-refractivity contribution >= 4 is 23.5 Å². The third kappa shape index (κ3) is 2.95. The lowest BCUT2D eigenvalue weighted by atomic mass is 9.96. The summed E-state index contributed by atoms with van der Waals surface area (Å²) in [5.74, 6) is -3.76. The Balaban J connectivity index is 3.04. The maximum atomic E-state index is 10.8. The summed E-state index contributed by atoms with van der Waals surface area (Å²) < 4.78 is 0. The van der Waals surface area contributed by atoms with E-state index >= 15 is 0 Å². The first-order valence-electron chi connectivity index (χ1n) is 4.07. The molecule has 0 aliphatic heterocycles. The van der Waals surface area contributed by atoms with Gasteiger partial charge < -0.3 is 10.2 Å². The lowest BCUT2D eigenvalue weighted by molar-refractivity contribution is -0.141. The van der Waals surface area contributed by atoms with Gasteiger partial charge in [-0.2, -0.15) is 0 Å². The fourth-order valence-corrected chi connectivity index (χ4v) is 1.42. The van der Waals surface area contributed by atoms with Gasteiger partial charge in [0.1, 0.15) is 0 Å². The van der Waals surface area contributed by atoms with Gasteiger partial charge in [-0.05, 0) is 11.6 Å². The molecule has 0 amide bonds. The predicted molar refractivity (Wildman–Crippen MR) is 53.8 cm³/mol. The zero-order valence-corrected chi connectivity index (χ0v) is 8.31. The highest BCUT2D eigenvalue weighted by Crippen LogP contribution is 2.26. The highest BCUT2D eigenvalue weighted by molar-refractivity contribution is 6.31. The Labute approximate surface area is 91.1 Å². The summed E-state index contributed by atoms with van der Waals surface area (Å²) in [4.78, 5) is 21.3. The Bertz CT molecular complexity index is 389. The molecule has 0 fully saturated rings. The van der Waals surface area contributed by atoms with E-state index in [0.29, 0.717) is 6.42 Å². The molecule has 0 spiro atoms. The Hall–Kier alpha value is -1.55. The van der Waals surface area contributed by atoms with Crippen molar-refractivity contribution in [3.63, 3.8) is 0 Å². The second kappa shape index (κ2) is 4.79. The van der Waals surface area contributed by atoms with Gasteiger partial charge in [0.2, 0.25) is 0 Å². The number of aliphatic carboxylic acids is 2. The van der Waals surface area contributed by atoms with Crippen LogP contribution >= 0.6 is 11.6 Å². The van der Waals surface area contributed by atoms with E-state index in [1.54, 1.807) is 12.1 Å². The van der Waals surface area contributed by atoms with Crippen LogP contribution in [0.2, 0.25) is 5.02 Å². The number of halogens is 1. The van der Waals surface area contributed by atoms with E-state index < -0.39 is 17.9 Å². The van der Waals surface area contributed by atoms with E-state index in [4.69, 9.17) is 21.8 Å². The minimum Gasteiger partial charge on any atom is -0.481 e. The van der Waals surface area contributed by atoms with E-state index in [1.165, 1.54) is 12.1 Å². The van der Waals surface area contributed by atoms with Crippen LogP contribution in [0.15, 0.2) is 24.3 Å². The molecule has 1 unspecified atom stereocenters. The van der Waals surface area contributed by atoms with Gasteiger partial charge >= 0.3 is 11.9 Å². The van der Waals surface area contributed by atoms with Crippen molar-refractivity contribution in [2.75, 3.05) is 0 Å². The first-order chi connectivity index (χ1) is 7.02. The fourth-order valence-electron chi connectivity index (χ4n) is 1.16. The summed E-state index contributed by atoms with van der Waals surface area (Å²) >= 11 is 5.77. The molecule has 0 bridgehead atoms. The van der Waals surface area contributed by atoms with E-state index in [-0.39, 0.29) is 10.6 Å². The molecule has 0 saturated heterocycles. The second-order valence-electron chi connectivity index (χ2n) is 2.84. The Morgan fingerprint density at radius 1 is 1.27 bits per heavy atom. The van der Waals surface area contributed by atoms with Gasteiger partial charge in [0, 0.05) is 5.02 Å². The molecule has 1 atom stereocenters. The van der Waals surface area contributed by atoms with Crippen LogP contribution in [0, 0.1) is 6.42 Å². The predicted octanol–water partition coefficient (Wildman–Crippen LogP) is 1.80. The molecule has 1 aromatic carbocycles. The van der Waals surface area contributed by atoms with Gasteiger partial charge in [0.05, 0.1) is 12.3 Å². The molecule has 79 valence electrons. The van der Waals surface area contributed by atoms with Crippen LogP contribution in [0.4, 0.5) is 0 Å². The first-order valence-corrected chi connectivity index (χ1v) is 4.45. The Morgan fingerprint density at radius 2 is 1.87 bits per heavy atom. The van der Waals surface area contributed by atoms with Crippen molar-refractivity contribution in [1.29, 1.82) is 0 Å². The summed E-state index contributed by atoms with van der Waals surface area (Å²) in [6, 6.07) is 6.25. The number of carbonyl (C=O) groups is 2. The zero-order valence-electron chi connectivity index (χ0n) is 7.55. The van der Waals surface area contributed by atoms with E-state index in [2.05, 4.69) is 0 Å². The molecular formula is C10H8ClO4. The number of carboxylic acid groups (broad SMARTS) is 2. The average molecular weight is 228 g/mol. The van der Waals surface area contributed by atoms with E-state index in [1.807, 2.05) is 0 Å². The van der Waals surface area contributed by atoms with Crippen molar-refractivity contribution in [3.05, 3.63) is 41.3 Å². The molecule has 15 heavy (non-hydrogen) atoms. The highest BCUT2D eigenvalue weighted by Gasteiger charge is 2.25. The number of rotatable bonds is 4. The monoisotopic (exact) mass is 227 g/mol. The first kappa shape index (κ1) is 11.5. The lowest BCUT2D eigenvalue weighted by Crippen LogP contribution is -2.17. The topological polar surface area (TPSA) is 74.6 Å². The van der Waals surface area contributed by atoms with Crippen molar-refractivity contribution in [2.24, 2.45) is 0 Å². The molecule has 0 aliphatic carbocycles. The van der Waals surface area contributed by atoms with Gasteiger partial charge in [-0.3, -0.25) is 9.59 Å². The third-order valence-electron chi connectivity index (χ3n) is 1.82. The van der Waals surface area contributed by atoms with Crippen LogP contribution in [0.5, 0.6) is 0 Å². The lowest BCUT2D eigenvalue weighted by Gasteiger charge is -2.11. The minimum atomic E-state index is -1.29. The highest BCUT2D eigenvalue weighted by atomic mass is 35.5. The van der Waals surface area contributed by atoms with Crippen LogP contribution in [0.3, 0.4) is 0 Å². The minimum absolute atomic E-state index is 0.238. The SMILES string of the molecule is O=C(O)[CH]C(C(=O)O)c1ccccc1Cl. The van der Waals surface area contributed by atoms with Gasteiger partial charge in [-0.15, -0.1) is 0 Å². The van der Waals surface area contributed by atoms with E-state index in [9.17, 15) is 9.59 Å². The molecule has 0 aromatic heterocycles. The van der Waals surface area contributed by atoms with Crippen LogP contribution < -0.4 is 0 Å². The maximum Gasteiger partial charge on any atom is 0.311 e. The van der Waals surface area contributed by atoms with Crippen LogP contribution in [0.25, 0.3) is 0 Å². The Kier molecular flexibility index (Phi) is 3.68. The van der Waals surface area contributed by atoms with Crippen molar-refractivity contribution in [3.8, 4) is 0 Å². The second-order valence-corrected chi connectivity index (χ2v) is 3.25. The zero-order chi connectivity index (χ0) is 11.4. The smallest absolute Gasteiger partial charge is 0.311 e. The molecule has 1 rings (SSSR count). The molecule has 0 heterocycles. The van der Waals surface area contributed by atoms with Gasteiger partial charge in [0.25, 0.3) is 0 Å². The molecule has 0 saturated carbocycles. The summed E-state index contributed by atoms with van der Waals surface area (Å²) in [6.45, 7) is 0. The van der Waals surface area contributed by atoms with Gasteiger partial charge in [-0.25, -0.2) is 0 Å². The summed E-state index contributed by atoms with van der Waals surface area (Å²) in [6.07, 6.45) is 0.698. The molecule has 1 radical (unpaired) electrons. The molecule has 0 aliphatic rings. The molecule has 1 aromatic rings. The van der Waals surface area contributed by atoms with Crippen molar-refractivity contribution in [1.82, 2.24) is 0 Å². The molecular weight excluding hydrogens is 220 g/mol. The van der Waals surface area contributed by atoms with Crippen LogP contribution in [-0.2, 0) is 9.59 Å². The van der Waals surface area contributed by atoms with Crippen LogP contribution in [-0.4, -0.2) is 22.2 Å². The molecule has 5 heteroatoms. The van der Waals surface area contributed by atoms with Crippen molar-refractivity contribution < 1.29 is 19.8 Å². The van der Waals surface area contributed by atoms with E-state index in [0.717, 1.165) is 0 Å². The number of benzene rings is 1. The average Bonchev–Trinajstić information content (AvgIpc) is 2.15. The van der Waals surface area contributed by atoms with Crippen LogP contribution in [0.1, 0.15) is 11.5 Å². The quantitative estimate of drug-likeness (QED) is 0.823. The van der Waals surface area contributed by atoms with Gasteiger partial charge in [0.15, 0.2) is 0 Å². The van der Waals surface area contributed by atoms with Crippen molar-refractivity contribution in [2.45, 2.75) is 5.92 Å². The largest absolute Gasteiger partial charge is 0.481 e. The molecule has 4 nitrogen and oxygen atoms in total. The summed E-state index contributed by atoms with van der Waals surface area (Å²) in [5.41, 5.74) is 0.272.